The minimum Gasteiger partial charge on any atom is -0.379 e. The van der Waals surface area contributed by atoms with Gasteiger partial charge in [0.05, 0.1) is 24.7 Å². The monoisotopic (exact) mass is 465 g/mol. The van der Waals surface area contributed by atoms with Crippen molar-refractivity contribution in [1.29, 1.82) is 0 Å². The molecule has 31 heavy (non-hydrogen) atoms. The molecule has 0 saturated carbocycles. The summed E-state index contributed by atoms with van der Waals surface area (Å²) in [6, 6.07) is 6.70. The van der Waals surface area contributed by atoms with Crippen molar-refractivity contribution in [2.75, 3.05) is 63.9 Å². The first-order valence-electron chi connectivity index (χ1n) is 10.3. The van der Waals surface area contributed by atoms with Crippen molar-refractivity contribution in [2.45, 2.75) is 11.4 Å². The highest BCUT2D eigenvalue weighted by Gasteiger charge is 2.26. The molecule has 0 bridgehead atoms. The highest BCUT2D eigenvalue weighted by Crippen LogP contribution is 2.19. The number of anilines is 1. The lowest BCUT2D eigenvalue weighted by Crippen LogP contribution is -2.49. The van der Waals surface area contributed by atoms with Gasteiger partial charge in [0, 0.05) is 57.4 Å². The Morgan fingerprint density at radius 3 is 2.42 bits per heavy atom. The number of hydrogen-bond donors (Lipinski definition) is 1. The smallest absolute Gasteiger partial charge is 0.243 e. The van der Waals surface area contributed by atoms with E-state index in [0.717, 1.165) is 36.9 Å². The highest BCUT2D eigenvalue weighted by atomic mass is 32.2. The van der Waals surface area contributed by atoms with E-state index >= 15 is 0 Å². The lowest BCUT2D eigenvalue weighted by Gasteiger charge is -2.34. The largest absolute Gasteiger partial charge is 0.379 e. The number of aromatic nitrogens is 1. The lowest BCUT2D eigenvalue weighted by molar-refractivity contribution is -0.122. The van der Waals surface area contributed by atoms with Crippen molar-refractivity contribution >= 4 is 32.4 Å². The number of amides is 1. The fourth-order valence-corrected chi connectivity index (χ4v) is 5.75. The number of ether oxygens (including phenoxy) is 1. The minimum atomic E-state index is -3.50. The second-order valence-electron chi connectivity index (χ2n) is 7.52. The number of morpholine rings is 1. The number of carbonyl (C=O) groups excluding carboxylic acids is 1. The van der Waals surface area contributed by atoms with Crippen LogP contribution in [0, 0.1) is 0 Å². The summed E-state index contributed by atoms with van der Waals surface area (Å²) in [6.07, 6.45) is 1.81. The Labute approximate surface area is 186 Å². The maximum Gasteiger partial charge on any atom is 0.243 e. The van der Waals surface area contributed by atoms with Crippen molar-refractivity contribution in [3.05, 3.63) is 41.4 Å². The van der Waals surface area contributed by atoms with Crippen LogP contribution >= 0.6 is 11.3 Å². The van der Waals surface area contributed by atoms with Crippen LogP contribution in [0.5, 0.6) is 0 Å². The molecule has 2 aliphatic rings. The fourth-order valence-electron chi connectivity index (χ4n) is 3.64. The zero-order valence-corrected chi connectivity index (χ0v) is 18.9. The normalized spacial score (nSPS) is 18.8. The number of rotatable bonds is 7. The number of piperazine rings is 1. The molecule has 1 N–H and O–H groups in total. The molecule has 9 nitrogen and oxygen atoms in total. The third-order valence-corrected chi connectivity index (χ3v) is 8.20. The van der Waals surface area contributed by atoms with Gasteiger partial charge in [-0.3, -0.25) is 9.69 Å². The molecular weight excluding hydrogens is 438 g/mol. The molecule has 1 aromatic carbocycles. The molecule has 0 radical (unpaired) electrons. The number of sulfonamides is 1. The van der Waals surface area contributed by atoms with Crippen LogP contribution in [0.2, 0.25) is 0 Å². The van der Waals surface area contributed by atoms with Crippen LogP contribution in [0.4, 0.5) is 5.13 Å². The second kappa shape index (κ2) is 10.0. The Hall–Kier alpha value is -2.05. The predicted octanol–water partition coefficient (Wildman–Crippen LogP) is 0.602. The first-order chi connectivity index (χ1) is 15.0. The Morgan fingerprint density at radius 1 is 1.06 bits per heavy atom. The number of benzene rings is 1. The predicted molar refractivity (Wildman–Crippen MR) is 119 cm³/mol. The number of carbonyl (C=O) groups is 1. The van der Waals surface area contributed by atoms with Crippen LogP contribution in [0.1, 0.15) is 5.56 Å². The molecular formula is C20H27N5O4S2. The summed E-state index contributed by atoms with van der Waals surface area (Å²) in [4.78, 5) is 21.3. The molecule has 0 unspecified atom stereocenters. The molecule has 4 rings (SSSR count). The van der Waals surface area contributed by atoms with Crippen molar-refractivity contribution in [2.24, 2.45) is 0 Å². The van der Waals surface area contributed by atoms with Crippen LogP contribution in [0.3, 0.4) is 0 Å². The Morgan fingerprint density at radius 2 is 1.77 bits per heavy atom. The summed E-state index contributed by atoms with van der Waals surface area (Å²) < 4.78 is 32.0. The Kier molecular flexibility index (Phi) is 7.18. The maximum atomic E-state index is 12.7. The SMILES string of the molecule is O=C(CN1CCN(c2nccs2)CC1)NCc1ccc(S(=O)(=O)N2CCOCC2)cc1. The van der Waals surface area contributed by atoms with Gasteiger partial charge in [0.2, 0.25) is 15.9 Å². The molecule has 1 aromatic heterocycles. The summed E-state index contributed by atoms with van der Waals surface area (Å²) in [5.41, 5.74) is 0.864. The van der Waals surface area contributed by atoms with Gasteiger partial charge in [-0.1, -0.05) is 12.1 Å². The lowest BCUT2D eigenvalue weighted by atomic mass is 10.2. The van der Waals surface area contributed by atoms with Gasteiger partial charge in [0.15, 0.2) is 5.13 Å². The van der Waals surface area contributed by atoms with E-state index in [-0.39, 0.29) is 10.8 Å². The van der Waals surface area contributed by atoms with Crippen molar-refractivity contribution in [3.8, 4) is 0 Å². The van der Waals surface area contributed by atoms with Gasteiger partial charge in [-0.2, -0.15) is 4.31 Å². The molecule has 11 heteroatoms. The summed E-state index contributed by atoms with van der Waals surface area (Å²) in [5.74, 6) is -0.0345. The van der Waals surface area contributed by atoms with Gasteiger partial charge in [0.1, 0.15) is 0 Å². The summed E-state index contributed by atoms with van der Waals surface area (Å²) in [5, 5.41) is 5.93. The van der Waals surface area contributed by atoms with Crippen LogP contribution in [-0.2, 0) is 26.1 Å². The molecule has 0 atom stereocenters. The van der Waals surface area contributed by atoms with E-state index in [0.29, 0.717) is 39.4 Å². The first-order valence-corrected chi connectivity index (χ1v) is 12.6. The van der Waals surface area contributed by atoms with E-state index in [1.165, 1.54) is 4.31 Å². The van der Waals surface area contributed by atoms with Crippen molar-refractivity contribution < 1.29 is 17.9 Å². The number of thiazole rings is 1. The molecule has 2 fully saturated rings. The molecule has 2 aromatic rings. The van der Waals surface area contributed by atoms with Gasteiger partial charge in [-0.25, -0.2) is 13.4 Å². The average Bonchev–Trinajstić information content (AvgIpc) is 3.34. The van der Waals surface area contributed by atoms with E-state index < -0.39 is 10.0 Å². The molecule has 2 saturated heterocycles. The van der Waals surface area contributed by atoms with E-state index in [4.69, 9.17) is 4.74 Å². The summed E-state index contributed by atoms with van der Waals surface area (Å²) >= 11 is 1.63. The third kappa shape index (κ3) is 5.60. The fraction of sp³-hybridized carbons (Fsp3) is 0.500. The third-order valence-electron chi connectivity index (χ3n) is 5.45. The van der Waals surface area contributed by atoms with E-state index in [1.54, 1.807) is 35.6 Å². The van der Waals surface area contributed by atoms with E-state index in [9.17, 15) is 13.2 Å². The van der Waals surface area contributed by atoms with Crippen molar-refractivity contribution in [1.82, 2.24) is 19.5 Å². The van der Waals surface area contributed by atoms with Gasteiger partial charge in [0.25, 0.3) is 0 Å². The first kappa shape index (κ1) is 22.2. The quantitative estimate of drug-likeness (QED) is 0.640. The average molecular weight is 466 g/mol. The molecule has 2 aliphatic heterocycles. The van der Waals surface area contributed by atoms with Gasteiger partial charge in [-0.15, -0.1) is 11.3 Å². The topological polar surface area (TPSA) is 95.1 Å². The zero-order valence-electron chi connectivity index (χ0n) is 17.3. The maximum absolute atomic E-state index is 12.7. The standard InChI is InChI=1S/C20H27N5O4S2/c26-19(16-23-6-8-24(9-7-23)20-21-5-14-30-20)22-15-17-1-3-18(4-2-17)31(27,28)25-10-12-29-13-11-25/h1-5,14H,6-13,15-16H2,(H,22,26). The van der Waals surface area contributed by atoms with Crippen molar-refractivity contribution in [3.63, 3.8) is 0 Å². The summed E-state index contributed by atoms with van der Waals surface area (Å²) in [7, 11) is -3.50. The number of hydrogen-bond acceptors (Lipinski definition) is 8. The minimum absolute atomic E-state index is 0.0345. The zero-order chi connectivity index (χ0) is 21.7. The Bertz CT molecular complexity index is 952. The number of nitrogens with zero attached hydrogens (tertiary/aromatic N) is 4. The van der Waals surface area contributed by atoms with Gasteiger partial charge < -0.3 is 15.0 Å². The molecule has 0 spiro atoms. The van der Waals surface area contributed by atoms with E-state index in [1.807, 2.05) is 11.6 Å². The molecule has 1 amide bonds. The highest BCUT2D eigenvalue weighted by molar-refractivity contribution is 7.89. The van der Waals surface area contributed by atoms with Crippen LogP contribution in [0.15, 0.2) is 40.7 Å². The second-order valence-corrected chi connectivity index (χ2v) is 10.3. The number of nitrogens with one attached hydrogen (secondary N) is 1. The van der Waals surface area contributed by atoms with Gasteiger partial charge in [-0.05, 0) is 17.7 Å². The van der Waals surface area contributed by atoms with E-state index in [2.05, 4.69) is 20.1 Å². The summed E-state index contributed by atoms with van der Waals surface area (Å²) in [6.45, 7) is 5.68. The van der Waals surface area contributed by atoms with Crippen LogP contribution in [0.25, 0.3) is 0 Å². The molecule has 0 aliphatic carbocycles. The molecule has 168 valence electrons. The van der Waals surface area contributed by atoms with Crippen LogP contribution in [-0.4, -0.2) is 87.5 Å². The molecule has 3 heterocycles. The Balaban J connectivity index is 1.22. The van der Waals surface area contributed by atoms with Gasteiger partial charge >= 0.3 is 0 Å². The van der Waals surface area contributed by atoms with Crippen LogP contribution < -0.4 is 10.2 Å².